The lowest BCUT2D eigenvalue weighted by Crippen LogP contribution is -2.42. The average molecular weight is 260 g/mol. The molecular weight excluding hydrogens is 242 g/mol. The molecule has 14 heavy (non-hydrogen) atoms. The van der Waals surface area contributed by atoms with Gasteiger partial charge in [-0.2, -0.15) is 0 Å². The zero-order chi connectivity index (χ0) is 10.6. The summed E-state index contributed by atoms with van der Waals surface area (Å²) in [7, 11) is 0. The number of carbonyl (C=O) groups is 1. The minimum atomic E-state index is -0.0805. The largest absolute Gasteiger partial charge is 0.335 e. The van der Waals surface area contributed by atoms with Gasteiger partial charge >= 0.3 is 0 Å². The minimum absolute atomic E-state index is 0.0805. The third kappa shape index (κ3) is 2.84. The van der Waals surface area contributed by atoms with Crippen LogP contribution in [-0.4, -0.2) is 28.2 Å². The first kappa shape index (κ1) is 11.8. The van der Waals surface area contributed by atoms with Crippen LogP contribution >= 0.6 is 15.9 Å². The highest BCUT2D eigenvalue weighted by Gasteiger charge is 2.27. The second kappa shape index (κ2) is 5.54. The molecule has 0 heterocycles. The SMILES string of the molecule is C=CCN(C(=O)C(C)Br)C1CCCC1. The van der Waals surface area contributed by atoms with E-state index < -0.39 is 0 Å². The summed E-state index contributed by atoms with van der Waals surface area (Å²) in [5.41, 5.74) is 0. The van der Waals surface area contributed by atoms with Gasteiger partial charge in [0.25, 0.3) is 0 Å². The molecule has 2 nitrogen and oxygen atoms in total. The van der Waals surface area contributed by atoms with Crippen molar-refractivity contribution in [1.29, 1.82) is 0 Å². The molecule has 1 atom stereocenters. The standard InChI is InChI=1S/C11H18BrNO/c1-3-8-13(11(14)9(2)12)10-6-4-5-7-10/h3,9-10H,1,4-8H2,2H3. The van der Waals surface area contributed by atoms with Crippen molar-refractivity contribution in [3.8, 4) is 0 Å². The van der Waals surface area contributed by atoms with Crippen molar-refractivity contribution in [1.82, 2.24) is 4.90 Å². The van der Waals surface area contributed by atoms with Gasteiger partial charge in [0.15, 0.2) is 0 Å². The Morgan fingerprint density at radius 1 is 1.64 bits per heavy atom. The van der Waals surface area contributed by atoms with Crippen LogP contribution in [0.2, 0.25) is 0 Å². The molecule has 1 amide bonds. The van der Waals surface area contributed by atoms with Crippen LogP contribution < -0.4 is 0 Å². The third-order valence-electron chi connectivity index (χ3n) is 2.71. The zero-order valence-electron chi connectivity index (χ0n) is 8.71. The highest BCUT2D eigenvalue weighted by atomic mass is 79.9. The molecule has 3 heteroatoms. The van der Waals surface area contributed by atoms with E-state index in [1.54, 1.807) is 0 Å². The van der Waals surface area contributed by atoms with Gasteiger partial charge in [-0.25, -0.2) is 0 Å². The van der Waals surface area contributed by atoms with Crippen molar-refractivity contribution in [2.75, 3.05) is 6.54 Å². The fourth-order valence-electron chi connectivity index (χ4n) is 2.00. The number of rotatable bonds is 4. The predicted octanol–water partition coefficient (Wildman–Crippen LogP) is 2.73. The number of amides is 1. The van der Waals surface area contributed by atoms with Crippen LogP contribution in [0.25, 0.3) is 0 Å². The van der Waals surface area contributed by atoms with E-state index in [1.165, 1.54) is 12.8 Å². The van der Waals surface area contributed by atoms with Crippen molar-refractivity contribution in [3.63, 3.8) is 0 Å². The summed E-state index contributed by atoms with van der Waals surface area (Å²) in [6.45, 7) is 6.27. The molecule has 0 saturated heterocycles. The molecule has 80 valence electrons. The molecule has 0 radical (unpaired) electrons. The van der Waals surface area contributed by atoms with E-state index in [4.69, 9.17) is 0 Å². The average Bonchev–Trinajstić information content (AvgIpc) is 2.65. The van der Waals surface area contributed by atoms with E-state index in [9.17, 15) is 4.79 Å². The molecule has 1 aliphatic rings. The molecule has 0 aromatic carbocycles. The number of carbonyl (C=O) groups excluding carboxylic acids is 1. The van der Waals surface area contributed by atoms with E-state index in [2.05, 4.69) is 22.5 Å². The second-order valence-corrected chi connectivity index (χ2v) is 5.21. The van der Waals surface area contributed by atoms with Gasteiger partial charge in [0, 0.05) is 12.6 Å². The molecule has 1 fully saturated rings. The molecule has 0 aromatic rings. The number of hydrogen-bond acceptors (Lipinski definition) is 1. The first-order valence-electron chi connectivity index (χ1n) is 5.22. The summed E-state index contributed by atoms with van der Waals surface area (Å²) in [6, 6.07) is 0.445. The Morgan fingerprint density at radius 2 is 2.21 bits per heavy atom. The normalized spacial score (nSPS) is 19.3. The van der Waals surface area contributed by atoms with Crippen molar-refractivity contribution in [3.05, 3.63) is 12.7 Å². The topological polar surface area (TPSA) is 20.3 Å². The van der Waals surface area contributed by atoms with Crippen LogP contribution in [0.4, 0.5) is 0 Å². The molecule has 0 N–H and O–H groups in total. The summed E-state index contributed by atoms with van der Waals surface area (Å²) >= 11 is 3.33. The maximum absolute atomic E-state index is 11.9. The quantitative estimate of drug-likeness (QED) is 0.562. The minimum Gasteiger partial charge on any atom is -0.335 e. The highest BCUT2D eigenvalue weighted by molar-refractivity contribution is 9.10. The Kier molecular flexibility index (Phi) is 4.66. The molecule has 0 spiro atoms. The zero-order valence-corrected chi connectivity index (χ0v) is 10.3. The fraction of sp³-hybridized carbons (Fsp3) is 0.727. The molecule has 0 bridgehead atoms. The molecular formula is C11H18BrNO. The van der Waals surface area contributed by atoms with Crippen LogP contribution in [0.1, 0.15) is 32.6 Å². The van der Waals surface area contributed by atoms with E-state index in [1.807, 2.05) is 17.9 Å². The maximum atomic E-state index is 11.9. The Morgan fingerprint density at radius 3 is 2.64 bits per heavy atom. The van der Waals surface area contributed by atoms with E-state index in [0.29, 0.717) is 12.6 Å². The molecule has 1 saturated carbocycles. The van der Waals surface area contributed by atoms with Crippen LogP contribution in [0.15, 0.2) is 12.7 Å². The Hall–Kier alpha value is -0.310. The Labute approximate surface area is 94.5 Å². The van der Waals surface area contributed by atoms with Crippen molar-refractivity contribution >= 4 is 21.8 Å². The van der Waals surface area contributed by atoms with E-state index >= 15 is 0 Å². The lowest BCUT2D eigenvalue weighted by Gasteiger charge is -2.28. The third-order valence-corrected chi connectivity index (χ3v) is 3.11. The van der Waals surface area contributed by atoms with Gasteiger partial charge in [0.05, 0.1) is 4.83 Å². The summed E-state index contributed by atoms with van der Waals surface area (Å²) in [6.07, 6.45) is 6.62. The molecule has 1 aliphatic carbocycles. The van der Waals surface area contributed by atoms with E-state index in [0.717, 1.165) is 12.8 Å². The van der Waals surface area contributed by atoms with Gasteiger partial charge < -0.3 is 4.90 Å². The first-order chi connectivity index (χ1) is 6.66. The monoisotopic (exact) mass is 259 g/mol. The molecule has 0 aliphatic heterocycles. The van der Waals surface area contributed by atoms with E-state index in [-0.39, 0.29) is 10.7 Å². The van der Waals surface area contributed by atoms with Crippen molar-refractivity contribution in [2.24, 2.45) is 0 Å². The van der Waals surface area contributed by atoms with Gasteiger partial charge in [-0.1, -0.05) is 34.8 Å². The number of hydrogen-bond donors (Lipinski definition) is 0. The Balaban J connectivity index is 2.61. The van der Waals surface area contributed by atoms with Gasteiger partial charge in [-0.3, -0.25) is 4.79 Å². The number of nitrogens with zero attached hydrogens (tertiary/aromatic N) is 1. The highest BCUT2D eigenvalue weighted by Crippen LogP contribution is 2.24. The summed E-state index contributed by atoms with van der Waals surface area (Å²) < 4.78 is 0. The number of halogens is 1. The predicted molar refractivity (Wildman–Crippen MR) is 62.6 cm³/mol. The molecule has 1 rings (SSSR count). The second-order valence-electron chi connectivity index (χ2n) is 3.83. The summed E-state index contributed by atoms with van der Waals surface area (Å²) in [5.74, 6) is 0.191. The van der Waals surface area contributed by atoms with Gasteiger partial charge in [-0.15, -0.1) is 6.58 Å². The fourth-order valence-corrected chi connectivity index (χ4v) is 2.27. The Bertz CT molecular complexity index is 209. The lowest BCUT2D eigenvalue weighted by molar-refractivity contribution is -0.131. The maximum Gasteiger partial charge on any atom is 0.236 e. The summed E-state index contributed by atoms with van der Waals surface area (Å²) in [4.78, 5) is 13.7. The first-order valence-corrected chi connectivity index (χ1v) is 6.14. The molecule has 0 aromatic heterocycles. The van der Waals surface area contributed by atoms with Gasteiger partial charge in [-0.05, 0) is 19.8 Å². The smallest absolute Gasteiger partial charge is 0.236 e. The van der Waals surface area contributed by atoms with Crippen molar-refractivity contribution < 1.29 is 4.79 Å². The lowest BCUT2D eigenvalue weighted by atomic mass is 10.2. The number of alkyl halides is 1. The van der Waals surface area contributed by atoms with Crippen LogP contribution in [-0.2, 0) is 4.79 Å². The van der Waals surface area contributed by atoms with Crippen LogP contribution in [0.5, 0.6) is 0 Å². The summed E-state index contributed by atoms with van der Waals surface area (Å²) in [5, 5.41) is 0. The van der Waals surface area contributed by atoms with Gasteiger partial charge in [0.2, 0.25) is 5.91 Å². The van der Waals surface area contributed by atoms with Crippen LogP contribution in [0.3, 0.4) is 0 Å². The molecule has 1 unspecified atom stereocenters. The van der Waals surface area contributed by atoms with Crippen LogP contribution in [0, 0.1) is 0 Å². The van der Waals surface area contributed by atoms with Gasteiger partial charge in [0.1, 0.15) is 0 Å². The van der Waals surface area contributed by atoms with Crippen molar-refractivity contribution in [2.45, 2.75) is 43.5 Å².